The smallest absolute Gasteiger partial charge is 0.164 e. The van der Waals surface area contributed by atoms with Crippen LogP contribution in [0.25, 0.3) is 83.4 Å². The van der Waals surface area contributed by atoms with Gasteiger partial charge in [-0.3, -0.25) is 0 Å². The van der Waals surface area contributed by atoms with Crippen LogP contribution in [0.3, 0.4) is 0 Å². The van der Waals surface area contributed by atoms with Crippen LogP contribution in [0.2, 0.25) is 0 Å². The number of anilines is 3. The number of fused-ring (bicyclic) bond motifs is 9. The molecule has 10 aromatic rings. The average Bonchev–Trinajstić information content (AvgIpc) is 3.94. The minimum atomic E-state index is -0.166. The fourth-order valence-electron chi connectivity index (χ4n) is 9.40. The standard InChI is InChI=1S/C54H38N4O2/c1-54(2)43-20-11-9-18-38(43)39-28-25-36(31-44(39)54)58(37-26-29-41-40-19-10-12-22-46(40)59-49(41)32-37)45-21-13-23-47-50(45)42-27-24-35(30-48(42)60-47)53-56-51(33-14-5-3-6-15-33)55-52(57-53)34-16-7-4-8-17-34/h3-7,9-16,18-32H,8,17H2,1-2H3. The first kappa shape index (κ1) is 34.5. The van der Waals surface area contributed by atoms with Gasteiger partial charge in [-0.1, -0.05) is 123 Å². The van der Waals surface area contributed by atoms with E-state index in [-0.39, 0.29) is 5.41 Å². The normalized spacial score (nSPS) is 14.2. The molecule has 0 atom stereocenters. The second-order valence-corrected chi connectivity index (χ2v) is 16.3. The number of hydrogen-bond donors (Lipinski definition) is 0. The van der Waals surface area contributed by atoms with Gasteiger partial charge in [-0.15, -0.1) is 0 Å². The summed E-state index contributed by atoms with van der Waals surface area (Å²) in [7, 11) is 0. The third-order valence-corrected chi connectivity index (χ3v) is 12.4. The van der Waals surface area contributed by atoms with Crippen LogP contribution >= 0.6 is 0 Å². The average molecular weight is 775 g/mol. The van der Waals surface area contributed by atoms with Crippen LogP contribution in [-0.4, -0.2) is 15.0 Å². The Bertz CT molecular complexity index is 3420. The lowest BCUT2D eigenvalue weighted by molar-refractivity contribution is 0.660. The van der Waals surface area contributed by atoms with E-state index in [1.807, 2.05) is 42.5 Å². The first-order valence-electron chi connectivity index (χ1n) is 20.6. The Kier molecular flexibility index (Phi) is 7.60. The molecule has 2 aliphatic rings. The lowest BCUT2D eigenvalue weighted by atomic mass is 9.82. The number of hydrogen-bond acceptors (Lipinski definition) is 6. The molecule has 2 aliphatic carbocycles. The summed E-state index contributed by atoms with van der Waals surface area (Å²) >= 11 is 0. The van der Waals surface area contributed by atoms with Gasteiger partial charge in [-0.05, 0) is 95.3 Å². The number of allylic oxidation sites excluding steroid dienone is 4. The highest BCUT2D eigenvalue weighted by Gasteiger charge is 2.36. The van der Waals surface area contributed by atoms with Gasteiger partial charge in [0.1, 0.15) is 22.3 Å². The van der Waals surface area contributed by atoms with Gasteiger partial charge in [0.15, 0.2) is 17.5 Å². The highest BCUT2D eigenvalue weighted by Crippen LogP contribution is 2.52. The summed E-state index contributed by atoms with van der Waals surface area (Å²) in [4.78, 5) is 17.4. The maximum absolute atomic E-state index is 6.76. The molecule has 12 rings (SSSR count). The van der Waals surface area contributed by atoms with E-state index in [2.05, 4.69) is 146 Å². The van der Waals surface area contributed by atoms with E-state index < -0.39 is 0 Å². The van der Waals surface area contributed by atoms with Crippen molar-refractivity contribution in [3.8, 4) is 33.9 Å². The van der Waals surface area contributed by atoms with Gasteiger partial charge in [0.25, 0.3) is 0 Å². The molecule has 0 saturated carbocycles. The quantitative estimate of drug-likeness (QED) is 0.168. The monoisotopic (exact) mass is 774 g/mol. The van der Waals surface area contributed by atoms with Gasteiger partial charge in [-0.25, -0.2) is 15.0 Å². The lowest BCUT2D eigenvalue weighted by Crippen LogP contribution is -2.16. The van der Waals surface area contributed by atoms with Crippen molar-refractivity contribution < 1.29 is 8.83 Å². The largest absolute Gasteiger partial charge is 0.456 e. The fraction of sp³-hybridized carbons (Fsp3) is 0.0926. The van der Waals surface area contributed by atoms with Crippen LogP contribution < -0.4 is 4.90 Å². The number of para-hydroxylation sites is 1. The third-order valence-electron chi connectivity index (χ3n) is 12.4. The van der Waals surface area contributed by atoms with Gasteiger partial charge in [0, 0.05) is 50.1 Å². The van der Waals surface area contributed by atoms with Gasteiger partial charge in [0.2, 0.25) is 0 Å². The van der Waals surface area contributed by atoms with Crippen molar-refractivity contribution in [2.24, 2.45) is 0 Å². The topological polar surface area (TPSA) is 68.2 Å². The summed E-state index contributed by atoms with van der Waals surface area (Å²) < 4.78 is 13.2. The predicted octanol–water partition coefficient (Wildman–Crippen LogP) is 14.5. The Hall–Kier alpha value is -7.57. The fourth-order valence-corrected chi connectivity index (χ4v) is 9.40. The molecule has 60 heavy (non-hydrogen) atoms. The molecule has 286 valence electrons. The zero-order chi connectivity index (χ0) is 40.0. The zero-order valence-electron chi connectivity index (χ0n) is 33.2. The van der Waals surface area contributed by atoms with E-state index in [0.29, 0.717) is 17.5 Å². The van der Waals surface area contributed by atoms with Crippen molar-refractivity contribution in [1.29, 1.82) is 0 Å². The molecular formula is C54H38N4O2. The minimum absolute atomic E-state index is 0.166. The molecule has 0 aliphatic heterocycles. The highest BCUT2D eigenvalue weighted by molar-refractivity contribution is 6.14. The van der Waals surface area contributed by atoms with E-state index in [9.17, 15) is 0 Å². The van der Waals surface area contributed by atoms with Gasteiger partial charge < -0.3 is 13.7 Å². The molecule has 0 spiro atoms. The van der Waals surface area contributed by atoms with Crippen molar-refractivity contribution in [3.63, 3.8) is 0 Å². The molecule has 6 nitrogen and oxygen atoms in total. The maximum atomic E-state index is 6.76. The second-order valence-electron chi connectivity index (χ2n) is 16.3. The third kappa shape index (κ3) is 5.37. The van der Waals surface area contributed by atoms with Crippen LogP contribution in [0.4, 0.5) is 17.1 Å². The van der Waals surface area contributed by atoms with Gasteiger partial charge in [-0.2, -0.15) is 0 Å². The van der Waals surface area contributed by atoms with Crippen LogP contribution in [0.5, 0.6) is 0 Å². The molecule has 0 radical (unpaired) electrons. The number of benzene rings is 7. The highest BCUT2D eigenvalue weighted by atomic mass is 16.3. The maximum Gasteiger partial charge on any atom is 0.164 e. The van der Waals surface area contributed by atoms with E-state index in [4.69, 9.17) is 23.8 Å². The lowest BCUT2D eigenvalue weighted by Gasteiger charge is -2.28. The molecule has 7 aromatic carbocycles. The van der Waals surface area contributed by atoms with Crippen LogP contribution in [0, 0.1) is 0 Å². The van der Waals surface area contributed by atoms with Crippen molar-refractivity contribution in [1.82, 2.24) is 15.0 Å². The summed E-state index contributed by atoms with van der Waals surface area (Å²) in [6.45, 7) is 4.66. The molecule has 6 heteroatoms. The SMILES string of the molecule is CC1(C)c2ccccc2-c2ccc(N(c3ccc4c(c3)oc3ccccc34)c3cccc4oc5cc(-c6nc(C7=CC=CCC7)nc(-c7ccccc7)n6)ccc5c34)cc21. The van der Waals surface area contributed by atoms with Crippen molar-refractivity contribution in [3.05, 3.63) is 187 Å². The Balaban J connectivity index is 1.04. The molecule has 0 N–H and O–H groups in total. The van der Waals surface area contributed by atoms with Crippen molar-refractivity contribution >= 4 is 66.5 Å². The van der Waals surface area contributed by atoms with Gasteiger partial charge >= 0.3 is 0 Å². The molecule has 0 amide bonds. The molecule has 3 aromatic heterocycles. The van der Waals surface area contributed by atoms with E-state index in [1.165, 1.54) is 22.3 Å². The zero-order valence-corrected chi connectivity index (χ0v) is 33.2. The molecular weight excluding hydrogens is 737 g/mol. The number of furan rings is 2. The Labute approximate surface area is 346 Å². The summed E-state index contributed by atoms with van der Waals surface area (Å²) in [6, 6.07) is 53.3. The molecule has 0 fully saturated rings. The Morgan fingerprint density at radius 1 is 0.517 bits per heavy atom. The Morgan fingerprint density at radius 3 is 2.08 bits per heavy atom. The first-order valence-corrected chi connectivity index (χ1v) is 20.6. The first-order chi connectivity index (χ1) is 29.5. The van der Waals surface area contributed by atoms with Crippen LogP contribution in [0.15, 0.2) is 179 Å². The number of rotatable bonds is 6. The molecule has 0 unspecified atom stereocenters. The van der Waals surface area contributed by atoms with E-state index in [1.54, 1.807) is 0 Å². The van der Waals surface area contributed by atoms with Crippen molar-refractivity contribution in [2.45, 2.75) is 32.1 Å². The number of nitrogens with zero attached hydrogens (tertiary/aromatic N) is 4. The predicted molar refractivity (Wildman–Crippen MR) is 244 cm³/mol. The Morgan fingerprint density at radius 2 is 1.20 bits per heavy atom. The second kappa shape index (κ2) is 13.2. The minimum Gasteiger partial charge on any atom is -0.456 e. The summed E-state index contributed by atoms with van der Waals surface area (Å²) in [5.74, 6) is 1.96. The molecule has 0 saturated heterocycles. The van der Waals surface area contributed by atoms with Gasteiger partial charge in [0.05, 0.1) is 11.1 Å². The van der Waals surface area contributed by atoms with E-state index in [0.717, 1.165) is 90.5 Å². The van der Waals surface area contributed by atoms with Crippen LogP contribution in [0.1, 0.15) is 43.6 Å². The summed E-state index contributed by atoms with van der Waals surface area (Å²) in [5.41, 5.74) is 14.3. The summed E-state index contributed by atoms with van der Waals surface area (Å²) in [6.07, 6.45) is 8.22. The van der Waals surface area contributed by atoms with Crippen LogP contribution in [-0.2, 0) is 5.41 Å². The summed E-state index contributed by atoms with van der Waals surface area (Å²) in [5, 5.41) is 4.22. The molecule has 3 heterocycles. The molecule has 0 bridgehead atoms. The number of aromatic nitrogens is 3. The van der Waals surface area contributed by atoms with E-state index >= 15 is 0 Å². The van der Waals surface area contributed by atoms with Crippen molar-refractivity contribution in [2.75, 3.05) is 4.90 Å².